The molecule has 1 fully saturated rings. The van der Waals surface area contributed by atoms with Gasteiger partial charge in [0, 0.05) is 25.7 Å². The van der Waals surface area contributed by atoms with Gasteiger partial charge in [-0.3, -0.25) is 4.90 Å². The molecule has 6 nitrogen and oxygen atoms in total. The van der Waals surface area contributed by atoms with Crippen LogP contribution in [0.15, 0.2) is 41.7 Å². The highest BCUT2D eigenvalue weighted by Crippen LogP contribution is 2.21. The van der Waals surface area contributed by atoms with Gasteiger partial charge < -0.3 is 9.30 Å². The van der Waals surface area contributed by atoms with Crippen LogP contribution in [0.2, 0.25) is 0 Å². The number of ether oxygens (including phenoxy) is 1. The number of nitrogens with zero attached hydrogens (tertiary/aromatic N) is 3. The molecule has 148 valence electrons. The average Bonchev–Trinajstić information content (AvgIpc) is 3.26. The average molecular weight is 392 g/mol. The number of benzene rings is 1. The molecule has 1 atom stereocenters. The molecule has 0 saturated carbocycles. The lowest BCUT2D eigenvalue weighted by molar-refractivity contribution is 0.154. The molecule has 3 rings (SSSR count). The van der Waals surface area contributed by atoms with Crippen LogP contribution in [0.4, 0.5) is 0 Å². The van der Waals surface area contributed by atoms with E-state index in [0.717, 1.165) is 30.9 Å². The maximum atomic E-state index is 13.0. The molecule has 0 aliphatic carbocycles. The van der Waals surface area contributed by atoms with Crippen molar-refractivity contribution in [1.29, 1.82) is 0 Å². The molecule has 1 saturated heterocycles. The Labute approximate surface area is 162 Å². The van der Waals surface area contributed by atoms with E-state index in [2.05, 4.69) is 30.8 Å². The Balaban J connectivity index is 1.87. The van der Waals surface area contributed by atoms with E-state index < -0.39 is 9.84 Å². The summed E-state index contributed by atoms with van der Waals surface area (Å²) in [5, 5.41) is 0.172. The van der Waals surface area contributed by atoms with Crippen molar-refractivity contribution in [2.24, 2.45) is 5.92 Å². The Bertz CT molecular complexity index is 841. The Morgan fingerprint density at radius 3 is 2.67 bits per heavy atom. The molecular formula is C20H29N3O3S. The SMILES string of the molecule is CC(C)Cn1c(CN(C)C2CCOC2)cnc1S(=O)(=O)Cc1ccccc1. The third kappa shape index (κ3) is 4.97. The fourth-order valence-electron chi connectivity index (χ4n) is 3.44. The molecule has 1 aromatic heterocycles. The summed E-state index contributed by atoms with van der Waals surface area (Å²) in [4.78, 5) is 6.56. The van der Waals surface area contributed by atoms with Crippen LogP contribution in [-0.2, 0) is 33.4 Å². The first-order valence-electron chi connectivity index (χ1n) is 9.46. The minimum absolute atomic E-state index is 0.0330. The lowest BCUT2D eigenvalue weighted by atomic mass is 10.2. The number of rotatable bonds is 8. The molecule has 0 radical (unpaired) electrons. The van der Waals surface area contributed by atoms with E-state index in [1.807, 2.05) is 34.9 Å². The number of likely N-dealkylation sites (N-methyl/N-ethyl adjacent to an activating group) is 1. The second-order valence-corrected chi connectivity index (χ2v) is 9.60. The highest BCUT2D eigenvalue weighted by Gasteiger charge is 2.26. The minimum Gasteiger partial charge on any atom is -0.380 e. The van der Waals surface area contributed by atoms with Crippen LogP contribution in [-0.4, -0.2) is 49.2 Å². The van der Waals surface area contributed by atoms with Gasteiger partial charge in [0.15, 0.2) is 0 Å². The zero-order chi connectivity index (χ0) is 19.4. The van der Waals surface area contributed by atoms with Crippen molar-refractivity contribution < 1.29 is 13.2 Å². The topological polar surface area (TPSA) is 64.4 Å². The normalized spacial score (nSPS) is 17.9. The molecule has 1 aromatic carbocycles. The number of aromatic nitrogens is 2. The Morgan fingerprint density at radius 1 is 1.30 bits per heavy atom. The van der Waals surface area contributed by atoms with E-state index in [9.17, 15) is 8.42 Å². The fraction of sp³-hybridized carbons (Fsp3) is 0.550. The van der Waals surface area contributed by atoms with Gasteiger partial charge >= 0.3 is 0 Å². The lowest BCUT2D eigenvalue weighted by Gasteiger charge is -2.24. The third-order valence-electron chi connectivity index (χ3n) is 4.87. The summed E-state index contributed by atoms with van der Waals surface area (Å²) in [5.41, 5.74) is 1.71. The van der Waals surface area contributed by atoms with Crippen molar-refractivity contribution in [1.82, 2.24) is 14.5 Å². The van der Waals surface area contributed by atoms with Gasteiger partial charge in [-0.25, -0.2) is 13.4 Å². The molecule has 27 heavy (non-hydrogen) atoms. The molecule has 2 aromatic rings. The second kappa shape index (κ2) is 8.54. The number of sulfone groups is 1. The van der Waals surface area contributed by atoms with Crippen molar-refractivity contribution in [3.8, 4) is 0 Å². The third-order valence-corrected chi connectivity index (χ3v) is 6.46. The smallest absolute Gasteiger partial charge is 0.228 e. The number of hydrogen-bond donors (Lipinski definition) is 0. The molecule has 1 aliphatic rings. The summed E-state index contributed by atoms with van der Waals surface area (Å²) in [6.45, 7) is 6.99. The second-order valence-electron chi connectivity index (χ2n) is 7.71. The quantitative estimate of drug-likeness (QED) is 0.692. The lowest BCUT2D eigenvalue weighted by Crippen LogP contribution is -2.32. The summed E-state index contributed by atoms with van der Waals surface area (Å²) in [6.07, 6.45) is 2.72. The Morgan fingerprint density at radius 2 is 2.04 bits per heavy atom. The predicted octanol–water partition coefficient (Wildman–Crippen LogP) is 2.73. The van der Waals surface area contributed by atoms with Crippen molar-refractivity contribution in [3.63, 3.8) is 0 Å². The van der Waals surface area contributed by atoms with E-state index in [1.165, 1.54) is 0 Å². The zero-order valence-electron chi connectivity index (χ0n) is 16.3. The standard InChI is InChI=1S/C20H29N3O3S/c1-16(2)12-23-19(13-22(3)18-9-10-26-14-18)11-21-20(23)27(24,25)15-17-7-5-4-6-8-17/h4-8,11,16,18H,9-10,12-15H2,1-3H3. The van der Waals surface area contributed by atoms with E-state index >= 15 is 0 Å². The van der Waals surface area contributed by atoms with Crippen LogP contribution >= 0.6 is 0 Å². The molecular weight excluding hydrogens is 362 g/mol. The van der Waals surface area contributed by atoms with E-state index in [0.29, 0.717) is 25.0 Å². The van der Waals surface area contributed by atoms with Gasteiger partial charge in [0.25, 0.3) is 0 Å². The minimum atomic E-state index is -3.51. The van der Waals surface area contributed by atoms with Crippen molar-refractivity contribution in [2.75, 3.05) is 20.3 Å². The van der Waals surface area contributed by atoms with Gasteiger partial charge in [-0.05, 0) is 24.9 Å². The number of imidazole rings is 1. The van der Waals surface area contributed by atoms with Crippen LogP contribution in [0.25, 0.3) is 0 Å². The Kier molecular flexibility index (Phi) is 6.34. The fourth-order valence-corrected chi connectivity index (χ4v) is 4.94. The summed E-state index contributed by atoms with van der Waals surface area (Å²) >= 11 is 0. The first-order valence-corrected chi connectivity index (χ1v) is 11.1. The van der Waals surface area contributed by atoms with Gasteiger partial charge in [0.05, 0.1) is 24.3 Å². The summed E-state index contributed by atoms with van der Waals surface area (Å²) in [7, 11) is -1.46. The van der Waals surface area contributed by atoms with Gasteiger partial charge in [-0.2, -0.15) is 0 Å². The molecule has 0 bridgehead atoms. The van der Waals surface area contributed by atoms with Crippen molar-refractivity contribution >= 4 is 9.84 Å². The first kappa shape index (κ1) is 20.0. The van der Waals surface area contributed by atoms with Gasteiger partial charge in [0.1, 0.15) is 0 Å². The highest BCUT2D eigenvalue weighted by atomic mass is 32.2. The zero-order valence-corrected chi connectivity index (χ0v) is 17.2. The first-order chi connectivity index (χ1) is 12.9. The van der Waals surface area contributed by atoms with Crippen LogP contribution in [0.1, 0.15) is 31.5 Å². The summed E-state index contributed by atoms with van der Waals surface area (Å²) < 4.78 is 33.4. The molecule has 1 unspecified atom stereocenters. The molecule has 0 amide bonds. The predicted molar refractivity (Wildman–Crippen MR) is 105 cm³/mol. The van der Waals surface area contributed by atoms with Crippen LogP contribution in [0.3, 0.4) is 0 Å². The monoisotopic (exact) mass is 391 g/mol. The molecule has 0 N–H and O–H groups in total. The van der Waals surface area contributed by atoms with E-state index in [4.69, 9.17) is 4.74 Å². The van der Waals surface area contributed by atoms with E-state index in [1.54, 1.807) is 6.20 Å². The van der Waals surface area contributed by atoms with Crippen molar-refractivity contribution in [2.45, 2.75) is 50.3 Å². The molecule has 7 heteroatoms. The van der Waals surface area contributed by atoms with E-state index in [-0.39, 0.29) is 10.9 Å². The van der Waals surface area contributed by atoms with Gasteiger partial charge in [-0.1, -0.05) is 44.2 Å². The van der Waals surface area contributed by atoms with Crippen LogP contribution in [0.5, 0.6) is 0 Å². The molecule has 0 spiro atoms. The van der Waals surface area contributed by atoms with Crippen LogP contribution in [0, 0.1) is 5.92 Å². The largest absolute Gasteiger partial charge is 0.380 e. The maximum Gasteiger partial charge on any atom is 0.228 e. The maximum absolute atomic E-state index is 13.0. The summed E-state index contributed by atoms with van der Waals surface area (Å²) in [6, 6.07) is 9.64. The Hall–Kier alpha value is -1.70. The van der Waals surface area contributed by atoms with Gasteiger partial charge in [0.2, 0.25) is 15.0 Å². The summed E-state index contributed by atoms with van der Waals surface area (Å²) in [5.74, 6) is 0.290. The van der Waals surface area contributed by atoms with Gasteiger partial charge in [-0.15, -0.1) is 0 Å². The number of hydrogen-bond acceptors (Lipinski definition) is 5. The molecule has 1 aliphatic heterocycles. The highest BCUT2D eigenvalue weighted by molar-refractivity contribution is 7.90. The van der Waals surface area contributed by atoms with Crippen molar-refractivity contribution in [3.05, 3.63) is 47.8 Å². The molecule has 2 heterocycles. The van der Waals surface area contributed by atoms with Crippen LogP contribution < -0.4 is 0 Å².